The predicted molar refractivity (Wildman–Crippen MR) is 81.7 cm³/mol. The second-order valence-electron chi connectivity index (χ2n) is 5.42. The monoisotopic (exact) mass is 278 g/mol. The molecule has 0 radical (unpaired) electrons. The normalized spacial score (nSPS) is 13.0. The van der Waals surface area contributed by atoms with E-state index in [1.807, 2.05) is 24.3 Å². The average Bonchev–Trinajstić information content (AvgIpc) is 2.86. The molecule has 0 saturated heterocycles. The van der Waals surface area contributed by atoms with Crippen LogP contribution < -0.4 is 5.56 Å². The molecular formula is C17H14N2O2. The van der Waals surface area contributed by atoms with Crippen LogP contribution in [0, 0.1) is 0 Å². The number of Topliss-reactive ketones (excluding diaryl/α,β-unsaturated/α-hetero) is 1. The van der Waals surface area contributed by atoms with Crippen molar-refractivity contribution in [3.05, 3.63) is 57.9 Å². The minimum Gasteiger partial charge on any atom is -0.353 e. The van der Waals surface area contributed by atoms with Gasteiger partial charge in [-0.25, -0.2) is 0 Å². The van der Waals surface area contributed by atoms with Gasteiger partial charge in [-0.1, -0.05) is 18.2 Å². The van der Waals surface area contributed by atoms with Gasteiger partial charge in [-0.2, -0.15) is 0 Å². The summed E-state index contributed by atoms with van der Waals surface area (Å²) in [7, 11) is 0. The van der Waals surface area contributed by atoms with Gasteiger partial charge in [-0.15, -0.1) is 0 Å². The number of H-pyrrole nitrogens is 1. The Balaban J connectivity index is 2.04. The average molecular weight is 278 g/mol. The SMILES string of the molecule is CC(=O)c1ccc2n(c1=O)CCc1c-2[nH]c2ccccc12. The Morgan fingerprint density at radius 2 is 2.00 bits per heavy atom. The van der Waals surface area contributed by atoms with Crippen LogP contribution in [0.2, 0.25) is 0 Å². The molecule has 1 N–H and O–H groups in total. The molecule has 4 rings (SSSR count). The molecule has 0 fully saturated rings. The molecule has 104 valence electrons. The van der Waals surface area contributed by atoms with Crippen molar-refractivity contribution in [3.63, 3.8) is 0 Å². The molecule has 0 aliphatic carbocycles. The number of aromatic amines is 1. The van der Waals surface area contributed by atoms with E-state index < -0.39 is 0 Å². The molecule has 3 aromatic rings. The summed E-state index contributed by atoms with van der Waals surface area (Å²) in [6.07, 6.45) is 0.799. The lowest BCUT2D eigenvalue weighted by molar-refractivity contribution is 0.101. The lowest BCUT2D eigenvalue weighted by Gasteiger charge is -2.19. The van der Waals surface area contributed by atoms with Crippen LogP contribution in [-0.2, 0) is 13.0 Å². The van der Waals surface area contributed by atoms with Crippen molar-refractivity contribution in [2.24, 2.45) is 0 Å². The summed E-state index contributed by atoms with van der Waals surface area (Å²) >= 11 is 0. The Morgan fingerprint density at radius 3 is 2.81 bits per heavy atom. The van der Waals surface area contributed by atoms with Gasteiger partial charge in [0.25, 0.3) is 5.56 Å². The van der Waals surface area contributed by atoms with E-state index in [2.05, 4.69) is 11.1 Å². The zero-order valence-electron chi connectivity index (χ0n) is 11.6. The van der Waals surface area contributed by atoms with E-state index >= 15 is 0 Å². The Morgan fingerprint density at radius 1 is 1.19 bits per heavy atom. The van der Waals surface area contributed by atoms with E-state index in [0.717, 1.165) is 23.3 Å². The van der Waals surface area contributed by atoms with Gasteiger partial charge in [-0.05, 0) is 37.1 Å². The number of para-hydroxylation sites is 1. The summed E-state index contributed by atoms with van der Waals surface area (Å²) in [5.74, 6) is -0.183. The molecule has 1 aromatic carbocycles. The smallest absolute Gasteiger partial charge is 0.261 e. The van der Waals surface area contributed by atoms with Gasteiger partial charge in [0.2, 0.25) is 0 Å². The molecular weight excluding hydrogens is 264 g/mol. The van der Waals surface area contributed by atoms with Gasteiger partial charge in [0.05, 0.1) is 17.0 Å². The molecule has 1 aliphatic rings. The first-order chi connectivity index (χ1) is 10.2. The Kier molecular flexibility index (Phi) is 2.42. The number of hydrogen-bond donors (Lipinski definition) is 1. The first-order valence-corrected chi connectivity index (χ1v) is 7.01. The second kappa shape index (κ2) is 4.19. The van der Waals surface area contributed by atoms with Gasteiger partial charge in [-0.3, -0.25) is 9.59 Å². The second-order valence-corrected chi connectivity index (χ2v) is 5.42. The third-order valence-electron chi connectivity index (χ3n) is 4.21. The van der Waals surface area contributed by atoms with Crippen molar-refractivity contribution in [1.29, 1.82) is 0 Å². The zero-order chi connectivity index (χ0) is 14.6. The summed E-state index contributed by atoms with van der Waals surface area (Å²) in [6, 6.07) is 11.7. The number of nitrogens with one attached hydrogen (secondary N) is 1. The van der Waals surface area contributed by atoms with Crippen molar-refractivity contribution >= 4 is 16.7 Å². The highest BCUT2D eigenvalue weighted by molar-refractivity contribution is 5.95. The zero-order valence-corrected chi connectivity index (χ0v) is 11.6. The van der Waals surface area contributed by atoms with Crippen LogP contribution >= 0.6 is 0 Å². The van der Waals surface area contributed by atoms with Crippen molar-refractivity contribution < 1.29 is 4.79 Å². The van der Waals surface area contributed by atoms with Crippen molar-refractivity contribution in [1.82, 2.24) is 9.55 Å². The largest absolute Gasteiger partial charge is 0.353 e. The van der Waals surface area contributed by atoms with Gasteiger partial charge in [0.15, 0.2) is 5.78 Å². The Bertz CT molecular complexity index is 947. The Labute approximate surface area is 121 Å². The van der Waals surface area contributed by atoms with E-state index in [4.69, 9.17) is 0 Å². The van der Waals surface area contributed by atoms with Crippen LogP contribution in [0.3, 0.4) is 0 Å². The van der Waals surface area contributed by atoms with E-state index in [1.54, 1.807) is 10.6 Å². The van der Waals surface area contributed by atoms with Gasteiger partial charge >= 0.3 is 0 Å². The molecule has 0 saturated carbocycles. The lowest BCUT2D eigenvalue weighted by atomic mass is 10.0. The highest BCUT2D eigenvalue weighted by atomic mass is 16.1. The number of hydrogen-bond acceptors (Lipinski definition) is 2. The van der Waals surface area contributed by atoms with Crippen LogP contribution in [-0.4, -0.2) is 15.3 Å². The van der Waals surface area contributed by atoms with Gasteiger partial charge < -0.3 is 9.55 Å². The molecule has 0 amide bonds. The molecule has 0 spiro atoms. The van der Waals surface area contributed by atoms with Crippen LogP contribution in [0.15, 0.2) is 41.2 Å². The molecule has 0 bridgehead atoms. The molecule has 3 heterocycles. The molecule has 0 atom stereocenters. The maximum Gasteiger partial charge on any atom is 0.261 e. The van der Waals surface area contributed by atoms with Crippen LogP contribution in [0.25, 0.3) is 22.3 Å². The first kappa shape index (κ1) is 12.1. The maximum atomic E-state index is 12.4. The number of ketones is 1. The fraction of sp³-hybridized carbons (Fsp3) is 0.176. The molecule has 21 heavy (non-hydrogen) atoms. The fourth-order valence-electron chi connectivity index (χ4n) is 3.19. The number of fused-ring (bicyclic) bond motifs is 5. The summed E-state index contributed by atoms with van der Waals surface area (Å²) in [5.41, 5.74) is 4.26. The van der Waals surface area contributed by atoms with Gasteiger partial charge in [0.1, 0.15) is 0 Å². The minimum absolute atomic E-state index is 0.183. The standard InChI is InChI=1S/C17H14N2O2/c1-10(20)11-6-7-15-16-13(8-9-19(15)17(11)21)12-4-2-3-5-14(12)18-16/h2-7,18H,8-9H2,1H3. The minimum atomic E-state index is -0.190. The van der Waals surface area contributed by atoms with E-state index in [1.165, 1.54) is 17.9 Å². The Hall–Kier alpha value is -2.62. The maximum absolute atomic E-state index is 12.4. The number of rotatable bonds is 1. The topological polar surface area (TPSA) is 54.9 Å². The van der Waals surface area contributed by atoms with Crippen molar-refractivity contribution in [2.75, 3.05) is 0 Å². The van der Waals surface area contributed by atoms with E-state index in [-0.39, 0.29) is 16.9 Å². The van der Waals surface area contributed by atoms with Gasteiger partial charge in [0, 0.05) is 17.4 Å². The highest BCUT2D eigenvalue weighted by Crippen LogP contribution is 2.33. The highest BCUT2D eigenvalue weighted by Gasteiger charge is 2.22. The van der Waals surface area contributed by atoms with Crippen molar-refractivity contribution in [3.8, 4) is 11.4 Å². The predicted octanol–water partition coefficient (Wildman–Crippen LogP) is 2.76. The first-order valence-electron chi connectivity index (χ1n) is 7.01. The van der Waals surface area contributed by atoms with E-state index in [0.29, 0.717) is 6.54 Å². The number of pyridine rings is 1. The quantitative estimate of drug-likeness (QED) is 0.696. The molecule has 0 unspecified atom stereocenters. The summed E-state index contributed by atoms with van der Waals surface area (Å²) in [4.78, 5) is 27.3. The molecule has 4 nitrogen and oxygen atoms in total. The summed E-state index contributed by atoms with van der Waals surface area (Å²) in [6.45, 7) is 2.05. The summed E-state index contributed by atoms with van der Waals surface area (Å²) < 4.78 is 1.70. The third-order valence-corrected chi connectivity index (χ3v) is 4.21. The van der Waals surface area contributed by atoms with Crippen LogP contribution in [0.1, 0.15) is 22.8 Å². The molecule has 4 heteroatoms. The third kappa shape index (κ3) is 1.62. The summed E-state index contributed by atoms with van der Waals surface area (Å²) in [5, 5.41) is 1.21. The molecule has 2 aromatic heterocycles. The number of nitrogens with zero attached hydrogens (tertiary/aromatic N) is 1. The number of aryl methyl sites for hydroxylation is 1. The number of carbonyl (C=O) groups excluding carboxylic acids is 1. The lowest BCUT2D eigenvalue weighted by Crippen LogP contribution is -2.29. The molecule has 1 aliphatic heterocycles. The number of carbonyl (C=O) groups is 1. The fourth-order valence-corrected chi connectivity index (χ4v) is 3.19. The van der Waals surface area contributed by atoms with E-state index in [9.17, 15) is 9.59 Å². The number of benzene rings is 1. The van der Waals surface area contributed by atoms with Crippen LogP contribution in [0.4, 0.5) is 0 Å². The van der Waals surface area contributed by atoms with Crippen LogP contribution in [0.5, 0.6) is 0 Å². The number of aromatic nitrogens is 2. The van der Waals surface area contributed by atoms with Crippen molar-refractivity contribution in [2.45, 2.75) is 19.9 Å².